The zero-order chi connectivity index (χ0) is 24.4. The van der Waals surface area contributed by atoms with E-state index < -0.39 is 28.9 Å². The summed E-state index contributed by atoms with van der Waals surface area (Å²) in [6, 6.07) is 6.33. The van der Waals surface area contributed by atoms with Crippen molar-refractivity contribution in [2.45, 2.75) is 13.2 Å². The van der Waals surface area contributed by atoms with Crippen LogP contribution in [0.15, 0.2) is 51.1 Å². The van der Waals surface area contributed by atoms with Gasteiger partial charge in [0.1, 0.15) is 18.1 Å². The Kier molecular flexibility index (Phi) is 6.21. The smallest absolute Gasteiger partial charge is 0.354 e. The molecule has 1 aliphatic rings. The van der Waals surface area contributed by atoms with Crippen LogP contribution in [-0.4, -0.2) is 39.5 Å². The topological polar surface area (TPSA) is 117 Å². The number of fused-ring (bicyclic) bond motifs is 1. The molecule has 0 aliphatic carbocycles. The molecular formula is C22H19F2N5O5. The number of methoxy groups -OCH3 is 1. The van der Waals surface area contributed by atoms with Gasteiger partial charge in [-0.15, -0.1) is 0 Å². The zero-order valence-electron chi connectivity index (χ0n) is 18.2. The number of nitrogens with one attached hydrogen (secondary N) is 1. The molecule has 1 N–H and O–H groups in total. The van der Waals surface area contributed by atoms with E-state index in [0.717, 1.165) is 21.3 Å². The van der Waals surface area contributed by atoms with Gasteiger partial charge in [-0.3, -0.25) is 13.9 Å². The van der Waals surface area contributed by atoms with Gasteiger partial charge in [0.2, 0.25) is 5.88 Å². The Morgan fingerprint density at radius 1 is 1.15 bits per heavy atom. The Hall–Kier alpha value is -4.35. The van der Waals surface area contributed by atoms with Crippen LogP contribution in [-0.2, 0) is 29.7 Å². The van der Waals surface area contributed by atoms with Gasteiger partial charge in [0, 0.05) is 19.3 Å². The molecule has 1 aliphatic heterocycles. The fourth-order valence-electron chi connectivity index (χ4n) is 3.36. The van der Waals surface area contributed by atoms with Gasteiger partial charge >= 0.3 is 11.7 Å². The molecule has 0 fully saturated rings. The molecule has 0 radical (unpaired) electrons. The second-order valence-corrected chi connectivity index (χ2v) is 7.37. The number of anilines is 1. The Morgan fingerprint density at radius 3 is 2.68 bits per heavy atom. The van der Waals surface area contributed by atoms with Crippen LogP contribution < -0.4 is 21.3 Å². The summed E-state index contributed by atoms with van der Waals surface area (Å²) in [5, 5.41) is 2.85. The molecule has 10 nitrogen and oxygen atoms in total. The van der Waals surface area contributed by atoms with Crippen molar-refractivity contribution < 1.29 is 23.0 Å². The molecule has 0 unspecified atom stereocenters. The molecule has 0 amide bonds. The van der Waals surface area contributed by atoms with E-state index in [2.05, 4.69) is 15.3 Å². The highest BCUT2D eigenvalue weighted by molar-refractivity contribution is 6.38. The largest absolute Gasteiger partial charge is 0.481 e. The molecule has 0 saturated heterocycles. The first-order chi connectivity index (χ1) is 16.3. The number of aromatic nitrogens is 3. The van der Waals surface area contributed by atoms with Crippen LogP contribution in [0.25, 0.3) is 0 Å². The van der Waals surface area contributed by atoms with Gasteiger partial charge < -0.3 is 14.8 Å². The molecule has 4 rings (SSSR count). The van der Waals surface area contributed by atoms with Crippen LogP contribution in [0.2, 0.25) is 0 Å². The number of ether oxygens (including phenoxy) is 2. The van der Waals surface area contributed by atoms with Crippen molar-refractivity contribution in [2.75, 3.05) is 19.0 Å². The van der Waals surface area contributed by atoms with E-state index in [1.54, 1.807) is 12.1 Å². The Morgan fingerprint density at radius 2 is 1.94 bits per heavy atom. The van der Waals surface area contributed by atoms with Crippen molar-refractivity contribution in [1.82, 2.24) is 14.1 Å². The summed E-state index contributed by atoms with van der Waals surface area (Å²) in [4.78, 5) is 46.4. The third-order valence-electron chi connectivity index (χ3n) is 5.13. The minimum atomic E-state index is -1.10. The van der Waals surface area contributed by atoms with Gasteiger partial charge in [0.15, 0.2) is 17.3 Å². The lowest BCUT2D eigenvalue weighted by molar-refractivity contribution is -0.136. The standard InChI is InChI=1S/C22H19F2N5O5/c1-28-19-18(20(30)29(22(28)32)10-12-3-4-14(23)15(24)7-12)27-16(9-26-19)21(31)34-11-13-5-6-25-17(8-13)33-2/h3-8,26H,9-11H2,1-2H3. The van der Waals surface area contributed by atoms with Crippen molar-refractivity contribution in [1.29, 1.82) is 0 Å². The molecule has 12 heteroatoms. The lowest BCUT2D eigenvalue weighted by Crippen LogP contribution is -2.42. The number of hydrogen-bond donors (Lipinski definition) is 1. The second kappa shape index (κ2) is 9.25. The summed E-state index contributed by atoms with van der Waals surface area (Å²) in [5.41, 5.74) is -0.871. The van der Waals surface area contributed by atoms with Crippen LogP contribution in [0.4, 0.5) is 20.3 Å². The van der Waals surface area contributed by atoms with Crippen LogP contribution >= 0.6 is 0 Å². The number of hydrogen-bond acceptors (Lipinski definition) is 8. The molecule has 3 aromatic rings. The van der Waals surface area contributed by atoms with Crippen LogP contribution in [0.5, 0.6) is 5.88 Å². The minimum absolute atomic E-state index is 0.0641. The van der Waals surface area contributed by atoms with E-state index in [0.29, 0.717) is 11.4 Å². The third-order valence-corrected chi connectivity index (χ3v) is 5.13. The predicted octanol–water partition coefficient (Wildman–Crippen LogP) is 1.52. The van der Waals surface area contributed by atoms with E-state index in [1.807, 2.05) is 0 Å². The van der Waals surface area contributed by atoms with Crippen LogP contribution in [0.1, 0.15) is 11.1 Å². The highest BCUT2D eigenvalue weighted by Crippen LogP contribution is 2.22. The van der Waals surface area contributed by atoms with Gasteiger partial charge in [0.05, 0.1) is 20.2 Å². The van der Waals surface area contributed by atoms with E-state index in [1.165, 1.54) is 26.4 Å². The van der Waals surface area contributed by atoms with Crippen molar-refractivity contribution >= 4 is 23.2 Å². The number of halogens is 2. The maximum absolute atomic E-state index is 13.6. The highest BCUT2D eigenvalue weighted by Gasteiger charge is 2.25. The average Bonchev–Trinajstić information content (AvgIpc) is 2.85. The number of nitrogens with zero attached hydrogens (tertiary/aromatic N) is 4. The number of carbonyl (C=O) groups excluding carboxylic acids is 1. The monoisotopic (exact) mass is 471 g/mol. The van der Waals surface area contributed by atoms with E-state index in [4.69, 9.17) is 9.47 Å². The van der Waals surface area contributed by atoms with E-state index in [-0.39, 0.29) is 42.5 Å². The molecule has 0 spiro atoms. The molecular weight excluding hydrogens is 452 g/mol. The van der Waals surface area contributed by atoms with E-state index in [9.17, 15) is 23.2 Å². The summed E-state index contributed by atoms with van der Waals surface area (Å²) in [7, 11) is 2.88. The zero-order valence-corrected chi connectivity index (χ0v) is 18.2. The van der Waals surface area contributed by atoms with Crippen molar-refractivity contribution in [3.63, 3.8) is 0 Å². The summed E-state index contributed by atoms with van der Waals surface area (Å²) in [5.74, 6) is -2.41. The first-order valence-electron chi connectivity index (χ1n) is 10.0. The molecule has 2 aromatic heterocycles. The Labute approximate surface area is 191 Å². The fourth-order valence-corrected chi connectivity index (χ4v) is 3.36. The maximum Gasteiger partial charge on any atom is 0.354 e. The summed E-state index contributed by atoms with van der Waals surface area (Å²) in [6.07, 6.45) is 1.51. The summed E-state index contributed by atoms with van der Waals surface area (Å²) >= 11 is 0. The van der Waals surface area contributed by atoms with Crippen molar-refractivity contribution in [3.8, 4) is 5.88 Å². The van der Waals surface area contributed by atoms with Crippen LogP contribution in [0, 0.1) is 11.6 Å². The quantitative estimate of drug-likeness (QED) is 0.542. The van der Waals surface area contributed by atoms with Gasteiger partial charge in [-0.1, -0.05) is 6.07 Å². The number of pyridine rings is 1. The Bertz CT molecular complexity index is 1430. The molecule has 176 valence electrons. The summed E-state index contributed by atoms with van der Waals surface area (Å²) < 4.78 is 39.1. The summed E-state index contributed by atoms with van der Waals surface area (Å²) in [6.45, 7) is -0.447. The minimum Gasteiger partial charge on any atom is -0.481 e. The average molecular weight is 471 g/mol. The number of rotatable bonds is 6. The fraction of sp³-hybridized carbons (Fsp3) is 0.227. The van der Waals surface area contributed by atoms with Crippen molar-refractivity contribution in [3.05, 3.63) is 80.1 Å². The lowest BCUT2D eigenvalue weighted by Gasteiger charge is -2.20. The van der Waals surface area contributed by atoms with E-state index >= 15 is 0 Å². The number of esters is 1. The van der Waals surface area contributed by atoms with Gasteiger partial charge in [-0.2, -0.15) is 0 Å². The predicted molar refractivity (Wildman–Crippen MR) is 118 cm³/mol. The molecule has 0 saturated carbocycles. The van der Waals surface area contributed by atoms with Crippen molar-refractivity contribution in [2.24, 2.45) is 12.0 Å². The second-order valence-electron chi connectivity index (χ2n) is 7.37. The molecule has 1 aromatic carbocycles. The number of benzene rings is 1. The molecule has 3 heterocycles. The molecule has 34 heavy (non-hydrogen) atoms. The first-order valence-corrected chi connectivity index (χ1v) is 10.0. The highest BCUT2D eigenvalue weighted by atomic mass is 19.2. The van der Waals surface area contributed by atoms with Gasteiger partial charge in [-0.05, 0) is 29.3 Å². The Balaban J connectivity index is 1.62. The molecule has 0 atom stereocenters. The SMILES string of the molecule is COc1cc(COC(=O)C2=Nc3c(n(C)c(=O)n(Cc4ccc(F)c(F)c4)c3=O)NC2)ccn1. The van der Waals surface area contributed by atoms with Gasteiger partial charge in [0.25, 0.3) is 5.56 Å². The van der Waals surface area contributed by atoms with Gasteiger partial charge in [-0.25, -0.2) is 28.3 Å². The first kappa shape index (κ1) is 22.8. The molecule has 0 bridgehead atoms. The normalized spacial score (nSPS) is 12.4. The number of aliphatic imine (C=N–C) groups is 1. The lowest BCUT2D eigenvalue weighted by atomic mass is 10.2. The van der Waals surface area contributed by atoms with Crippen LogP contribution in [0.3, 0.4) is 0 Å². The third kappa shape index (κ3) is 4.42. The maximum atomic E-state index is 13.6. The number of carbonyl (C=O) groups is 1.